The van der Waals surface area contributed by atoms with Crippen molar-refractivity contribution in [2.75, 3.05) is 0 Å². The number of epoxide rings is 1. The first-order chi connectivity index (χ1) is 6.70. The second-order valence-corrected chi connectivity index (χ2v) is 3.68. The van der Waals surface area contributed by atoms with Crippen molar-refractivity contribution in [3.63, 3.8) is 0 Å². The first kappa shape index (κ1) is 9.55. The van der Waals surface area contributed by atoms with Crippen molar-refractivity contribution in [1.82, 2.24) is 0 Å². The van der Waals surface area contributed by atoms with Crippen LogP contribution in [0, 0.1) is 11.8 Å². The summed E-state index contributed by atoms with van der Waals surface area (Å²) in [6.07, 6.45) is 2.25. The maximum absolute atomic E-state index is 11.6. The molecule has 1 saturated heterocycles. The molecule has 5 atom stereocenters. The molecule has 0 radical (unpaired) electrons. The highest BCUT2D eigenvalue weighted by Crippen LogP contribution is 2.40. The molecule has 1 heterocycles. The van der Waals surface area contributed by atoms with Crippen LogP contribution < -0.4 is 0 Å². The van der Waals surface area contributed by atoms with Gasteiger partial charge in [-0.1, -0.05) is 12.2 Å². The van der Waals surface area contributed by atoms with Crippen LogP contribution in [0.1, 0.15) is 6.92 Å². The Bertz CT molecular complexity index is 296. The Morgan fingerprint density at radius 3 is 2.79 bits per heavy atom. The molecule has 2 fully saturated rings. The lowest BCUT2D eigenvalue weighted by atomic mass is 9.77. The second kappa shape index (κ2) is 3.29. The van der Waals surface area contributed by atoms with Gasteiger partial charge in [0.05, 0.1) is 17.9 Å². The number of aliphatic hydroxyl groups is 1. The standard InChI is InChI=1S/C10H12O4/c1-2-3-5-6(4-11)8(13)10-9(14-10)7(5)12/h2-6,8-10,13H,1H3/b3-2+/t5?,6?,8-,9-,10+/m0/s1. The number of Topliss-reactive ketones (excluding diaryl/α,β-unsaturated/α-hetero) is 1. The maximum Gasteiger partial charge on any atom is 0.171 e. The zero-order valence-electron chi connectivity index (χ0n) is 7.79. The van der Waals surface area contributed by atoms with Gasteiger partial charge in [0.15, 0.2) is 5.78 Å². The number of carbonyl (C=O) groups is 2. The van der Waals surface area contributed by atoms with Crippen molar-refractivity contribution in [2.45, 2.75) is 25.2 Å². The minimum absolute atomic E-state index is 0.0875. The lowest BCUT2D eigenvalue weighted by Gasteiger charge is -2.25. The molecule has 4 heteroatoms. The quantitative estimate of drug-likeness (QED) is 0.374. The lowest BCUT2D eigenvalue weighted by Crippen LogP contribution is -2.44. The largest absolute Gasteiger partial charge is 0.390 e. The van der Waals surface area contributed by atoms with E-state index < -0.39 is 30.1 Å². The van der Waals surface area contributed by atoms with E-state index in [4.69, 9.17) is 4.74 Å². The summed E-state index contributed by atoms with van der Waals surface area (Å²) in [4.78, 5) is 22.4. The zero-order chi connectivity index (χ0) is 10.3. The van der Waals surface area contributed by atoms with Crippen LogP contribution >= 0.6 is 0 Å². The molecule has 0 aromatic carbocycles. The molecule has 0 spiro atoms. The Kier molecular flexibility index (Phi) is 2.25. The highest BCUT2D eigenvalue weighted by Gasteiger charge is 2.59. The van der Waals surface area contributed by atoms with Crippen LogP contribution in [0.25, 0.3) is 0 Å². The van der Waals surface area contributed by atoms with Crippen molar-refractivity contribution in [3.8, 4) is 0 Å². The normalized spacial score (nSPS) is 46.4. The first-order valence-corrected chi connectivity index (χ1v) is 4.66. The molecule has 1 N–H and O–H groups in total. The van der Waals surface area contributed by atoms with Gasteiger partial charge in [0, 0.05) is 0 Å². The van der Waals surface area contributed by atoms with Crippen LogP contribution in [-0.4, -0.2) is 35.5 Å². The highest BCUT2D eigenvalue weighted by molar-refractivity contribution is 5.93. The maximum atomic E-state index is 11.6. The van der Waals surface area contributed by atoms with Crippen molar-refractivity contribution in [1.29, 1.82) is 0 Å². The van der Waals surface area contributed by atoms with Gasteiger partial charge < -0.3 is 14.6 Å². The number of aldehydes is 1. The summed E-state index contributed by atoms with van der Waals surface area (Å²) < 4.78 is 5.02. The van der Waals surface area contributed by atoms with Gasteiger partial charge in [-0.25, -0.2) is 0 Å². The summed E-state index contributed by atoms with van der Waals surface area (Å²) in [6, 6.07) is 0. The molecule has 0 aromatic rings. The fourth-order valence-corrected chi connectivity index (χ4v) is 2.02. The third-order valence-corrected chi connectivity index (χ3v) is 2.84. The van der Waals surface area contributed by atoms with Crippen LogP contribution in [0.5, 0.6) is 0 Å². The van der Waals surface area contributed by atoms with E-state index >= 15 is 0 Å². The smallest absolute Gasteiger partial charge is 0.171 e. The lowest BCUT2D eigenvalue weighted by molar-refractivity contribution is -0.131. The Hall–Kier alpha value is -1.00. The van der Waals surface area contributed by atoms with E-state index in [2.05, 4.69) is 0 Å². The van der Waals surface area contributed by atoms with E-state index in [1.54, 1.807) is 19.1 Å². The predicted molar refractivity (Wildman–Crippen MR) is 47.5 cm³/mol. The fraction of sp³-hybridized carbons (Fsp3) is 0.600. The predicted octanol–water partition coefficient (Wildman–Crippen LogP) is -0.295. The van der Waals surface area contributed by atoms with Gasteiger partial charge in [-0.2, -0.15) is 0 Å². The molecule has 4 nitrogen and oxygen atoms in total. The van der Waals surface area contributed by atoms with Gasteiger partial charge in [0.2, 0.25) is 0 Å². The average molecular weight is 196 g/mol. The summed E-state index contributed by atoms with van der Waals surface area (Å²) >= 11 is 0. The zero-order valence-corrected chi connectivity index (χ0v) is 7.79. The van der Waals surface area contributed by atoms with Gasteiger partial charge >= 0.3 is 0 Å². The molecular formula is C10H12O4. The average Bonchev–Trinajstić information content (AvgIpc) is 2.94. The molecule has 0 amide bonds. The molecule has 2 unspecified atom stereocenters. The number of allylic oxidation sites excluding steroid dienone is 2. The molecule has 2 rings (SSSR count). The Morgan fingerprint density at radius 1 is 1.50 bits per heavy atom. The molecule has 0 aromatic heterocycles. The SMILES string of the molecule is C/C=C/C1C(=O)[C@@H]2O[C@@H]2[C@@H](O)C1C=O. The monoisotopic (exact) mass is 196 g/mol. The molecule has 76 valence electrons. The van der Waals surface area contributed by atoms with Crippen molar-refractivity contribution >= 4 is 12.1 Å². The minimum Gasteiger partial charge on any atom is -0.390 e. The van der Waals surface area contributed by atoms with E-state index in [0.29, 0.717) is 6.29 Å². The summed E-state index contributed by atoms with van der Waals surface area (Å²) in [7, 11) is 0. The molecular weight excluding hydrogens is 184 g/mol. The van der Waals surface area contributed by atoms with E-state index in [-0.39, 0.29) is 5.78 Å². The number of ketones is 1. The summed E-state index contributed by atoms with van der Waals surface area (Å²) in [5, 5.41) is 9.65. The van der Waals surface area contributed by atoms with Gasteiger partial charge in [-0.3, -0.25) is 4.79 Å². The van der Waals surface area contributed by atoms with E-state index in [0.717, 1.165) is 0 Å². The van der Waals surface area contributed by atoms with Gasteiger partial charge in [-0.05, 0) is 6.92 Å². The summed E-state index contributed by atoms with van der Waals surface area (Å²) in [5.41, 5.74) is 0. The number of carbonyl (C=O) groups excluding carboxylic acids is 2. The first-order valence-electron chi connectivity index (χ1n) is 4.66. The van der Waals surface area contributed by atoms with Gasteiger partial charge in [0.25, 0.3) is 0 Å². The summed E-state index contributed by atoms with van der Waals surface area (Å²) in [6.45, 7) is 1.78. The van der Waals surface area contributed by atoms with Gasteiger partial charge in [-0.15, -0.1) is 0 Å². The number of aliphatic hydroxyl groups excluding tert-OH is 1. The Labute approximate surface area is 81.6 Å². The van der Waals surface area contributed by atoms with Crippen LogP contribution in [-0.2, 0) is 14.3 Å². The van der Waals surface area contributed by atoms with Crippen LogP contribution in [0.2, 0.25) is 0 Å². The van der Waals surface area contributed by atoms with E-state index in [1.165, 1.54) is 0 Å². The molecule has 0 bridgehead atoms. The number of hydrogen-bond acceptors (Lipinski definition) is 4. The molecule has 14 heavy (non-hydrogen) atoms. The van der Waals surface area contributed by atoms with E-state index in [9.17, 15) is 14.7 Å². The minimum atomic E-state index is -0.837. The van der Waals surface area contributed by atoms with Gasteiger partial charge in [0.1, 0.15) is 18.5 Å². The van der Waals surface area contributed by atoms with Crippen molar-refractivity contribution in [2.24, 2.45) is 11.8 Å². The van der Waals surface area contributed by atoms with E-state index in [1.807, 2.05) is 0 Å². The number of rotatable bonds is 2. The summed E-state index contributed by atoms with van der Waals surface area (Å²) in [5.74, 6) is -1.26. The topological polar surface area (TPSA) is 66.9 Å². The number of fused-ring (bicyclic) bond motifs is 1. The third kappa shape index (κ3) is 1.22. The van der Waals surface area contributed by atoms with Crippen LogP contribution in [0.4, 0.5) is 0 Å². The van der Waals surface area contributed by atoms with Crippen molar-refractivity contribution in [3.05, 3.63) is 12.2 Å². The third-order valence-electron chi connectivity index (χ3n) is 2.84. The molecule has 1 saturated carbocycles. The Morgan fingerprint density at radius 2 is 2.21 bits per heavy atom. The second-order valence-electron chi connectivity index (χ2n) is 3.68. The molecule has 1 aliphatic heterocycles. The van der Waals surface area contributed by atoms with Crippen LogP contribution in [0.15, 0.2) is 12.2 Å². The highest BCUT2D eigenvalue weighted by atomic mass is 16.6. The Balaban J connectivity index is 2.25. The molecule has 1 aliphatic carbocycles. The van der Waals surface area contributed by atoms with Crippen LogP contribution in [0.3, 0.4) is 0 Å². The fourth-order valence-electron chi connectivity index (χ4n) is 2.02. The molecule has 2 aliphatic rings. The van der Waals surface area contributed by atoms with Crippen molar-refractivity contribution < 1.29 is 19.4 Å². The number of hydrogen-bond donors (Lipinski definition) is 1. The number of ether oxygens (including phenoxy) is 1.